The summed E-state index contributed by atoms with van der Waals surface area (Å²) in [5, 5.41) is 2.79. The van der Waals surface area contributed by atoms with Crippen LogP contribution in [0.5, 0.6) is 0 Å². The molecular weight excluding hydrogens is 364 g/mol. The third-order valence-electron chi connectivity index (χ3n) is 4.02. The van der Waals surface area contributed by atoms with Gasteiger partial charge in [0.15, 0.2) is 5.78 Å². The lowest BCUT2D eigenvalue weighted by molar-refractivity contribution is -0.120. The summed E-state index contributed by atoms with van der Waals surface area (Å²) in [5.41, 5.74) is 1.67. The molecule has 2 rings (SSSR count). The van der Waals surface area contributed by atoms with Gasteiger partial charge in [0.2, 0.25) is 15.9 Å². The van der Waals surface area contributed by atoms with Gasteiger partial charge in [0.25, 0.3) is 0 Å². The van der Waals surface area contributed by atoms with Crippen LogP contribution in [-0.4, -0.2) is 33.2 Å². The van der Waals surface area contributed by atoms with Crippen LogP contribution >= 0.6 is 0 Å². The van der Waals surface area contributed by atoms with Gasteiger partial charge in [0.1, 0.15) is 0 Å². The number of amides is 1. The molecule has 0 saturated carbocycles. The maximum atomic E-state index is 12.2. The standard InChI is InChI=1S/C20H24N2O4S/c1-16(23)18-9-11-19(12-10-18)27(25,26)22-15-13-20(24)21-14-5-8-17-6-3-2-4-7-17/h2-4,6-7,9-12,22H,5,8,13-15H2,1H3,(H,21,24). The van der Waals surface area contributed by atoms with Crippen LogP contribution in [-0.2, 0) is 21.2 Å². The van der Waals surface area contributed by atoms with E-state index in [2.05, 4.69) is 10.0 Å². The van der Waals surface area contributed by atoms with Crippen molar-refractivity contribution < 1.29 is 18.0 Å². The van der Waals surface area contributed by atoms with Gasteiger partial charge in [-0.1, -0.05) is 42.5 Å². The predicted octanol–water partition coefficient (Wildman–Crippen LogP) is 2.31. The number of Topliss-reactive ketones (excluding diaryl/α,β-unsaturated/α-hetero) is 1. The van der Waals surface area contributed by atoms with Crippen LogP contribution in [0.2, 0.25) is 0 Å². The first-order chi connectivity index (χ1) is 12.9. The number of benzene rings is 2. The second-order valence-electron chi connectivity index (χ2n) is 6.17. The molecule has 0 fully saturated rings. The molecular formula is C20H24N2O4S. The summed E-state index contributed by atoms with van der Waals surface area (Å²) in [5.74, 6) is -0.325. The van der Waals surface area contributed by atoms with Gasteiger partial charge in [0, 0.05) is 25.1 Å². The first kappa shape index (κ1) is 20.8. The molecule has 0 aromatic heterocycles. The van der Waals surface area contributed by atoms with Crippen LogP contribution in [0.1, 0.15) is 35.7 Å². The fourth-order valence-corrected chi connectivity index (χ4v) is 3.54. The van der Waals surface area contributed by atoms with Crippen LogP contribution in [0.15, 0.2) is 59.5 Å². The first-order valence-corrected chi connectivity index (χ1v) is 10.3. The molecule has 27 heavy (non-hydrogen) atoms. The van der Waals surface area contributed by atoms with Gasteiger partial charge >= 0.3 is 0 Å². The van der Waals surface area contributed by atoms with E-state index in [1.165, 1.54) is 36.8 Å². The third-order valence-corrected chi connectivity index (χ3v) is 5.50. The van der Waals surface area contributed by atoms with Crippen LogP contribution in [0.25, 0.3) is 0 Å². The van der Waals surface area contributed by atoms with Crippen molar-refractivity contribution in [2.75, 3.05) is 13.1 Å². The first-order valence-electron chi connectivity index (χ1n) is 8.80. The van der Waals surface area contributed by atoms with Crippen molar-refractivity contribution in [3.63, 3.8) is 0 Å². The lowest BCUT2D eigenvalue weighted by Gasteiger charge is -2.08. The molecule has 7 heteroatoms. The zero-order valence-electron chi connectivity index (χ0n) is 15.3. The Balaban J connectivity index is 1.69. The Bertz CT molecular complexity index is 863. The van der Waals surface area contributed by atoms with Crippen LogP contribution in [0.4, 0.5) is 0 Å². The van der Waals surface area contributed by atoms with Crippen molar-refractivity contribution in [1.29, 1.82) is 0 Å². The van der Waals surface area contributed by atoms with Crippen molar-refractivity contribution in [2.45, 2.75) is 31.1 Å². The summed E-state index contributed by atoms with van der Waals surface area (Å²) >= 11 is 0. The van der Waals surface area contributed by atoms with E-state index in [0.29, 0.717) is 12.1 Å². The van der Waals surface area contributed by atoms with Crippen LogP contribution in [0, 0.1) is 0 Å². The van der Waals surface area contributed by atoms with Crippen LogP contribution in [0.3, 0.4) is 0 Å². The van der Waals surface area contributed by atoms with E-state index in [0.717, 1.165) is 12.8 Å². The van der Waals surface area contributed by atoms with Crippen LogP contribution < -0.4 is 10.0 Å². The SMILES string of the molecule is CC(=O)c1ccc(S(=O)(=O)NCCC(=O)NCCCc2ccccc2)cc1. The molecule has 0 radical (unpaired) electrons. The smallest absolute Gasteiger partial charge is 0.240 e. The average molecular weight is 388 g/mol. The second-order valence-corrected chi connectivity index (χ2v) is 7.93. The molecule has 1 amide bonds. The summed E-state index contributed by atoms with van der Waals surface area (Å²) < 4.78 is 26.8. The summed E-state index contributed by atoms with van der Waals surface area (Å²) in [6.45, 7) is 1.98. The number of rotatable bonds is 10. The molecule has 0 unspecified atom stereocenters. The van der Waals surface area contributed by atoms with Gasteiger partial charge in [-0.2, -0.15) is 0 Å². The third kappa shape index (κ3) is 6.96. The molecule has 0 heterocycles. The number of ketones is 1. The minimum Gasteiger partial charge on any atom is -0.356 e. The van der Waals surface area contributed by atoms with E-state index in [1.807, 2.05) is 30.3 Å². The van der Waals surface area contributed by atoms with E-state index < -0.39 is 10.0 Å². The molecule has 6 nitrogen and oxygen atoms in total. The fourth-order valence-electron chi connectivity index (χ4n) is 2.50. The Labute approximate surface area is 160 Å². The summed E-state index contributed by atoms with van der Waals surface area (Å²) in [4.78, 5) is 23.1. The number of aryl methyl sites for hydroxylation is 1. The van der Waals surface area contributed by atoms with Gasteiger partial charge in [-0.15, -0.1) is 0 Å². The monoisotopic (exact) mass is 388 g/mol. The molecule has 2 aromatic carbocycles. The average Bonchev–Trinajstić information content (AvgIpc) is 2.66. The van der Waals surface area contributed by atoms with Crippen molar-refractivity contribution in [3.05, 3.63) is 65.7 Å². The van der Waals surface area contributed by atoms with Gasteiger partial charge in [-0.05, 0) is 37.5 Å². The Morgan fingerprint density at radius 1 is 0.926 bits per heavy atom. The minimum atomic E-state index is -3.70. The van der Waals surface area contributed by atoms with E-state index in [9.17, 15) is 18.0 Å². The second kappa shape index (κ2) is 9.99. The van der Waals surface area contributed by atoms with E-state index in [-0.39, 0.29) is 29.6 Å². The molecule has 144 valence electrons. The van der Waals surface area contributed by atoms with E-state index in [1.54, 1.807) is 0 Å². The number of hydrogen-bond acceptors (Lipinski definition) is 4. The largest absolute Gasteiger partial charge is 0.356 e. The summed E-state index contributed by atoms with van der Waals surface area (Å²) in [7, 11) is -3.70. The lowest BCUT2D eigenvalue weighted by atomic mass is 10.1. The minimum absolute atomic E-state index is 0.0152. The van der Waals surface area contributed by atoms with Gasteiger partial charge in [0.05, 0.1) is 4.90 Å². The number of sulfonamides is 1. The molecule has 0 spiro atoms. The molecule has 2 N–H and O–H groups in total. The van der Waals surface area contributed by atoms with Gasteiger partial charge in [-0.25, -0.2) is 13.1 Å². The highest BCUT2D eigenvalue weighted by Crippen LogP contribution is 2.11. The molecule has 0 aliphatic heterocycles. The molecule has 0 aliphatic carbocycles. The predicted molar refractivity (Wildman–Crippen MR) is 104 cm³/mol. The zero-order valence-corrected chi connectivity index (χ0v) is 16.1. The highest BCUT2D eigenvalue weighted by atomic mass is 32.2. The summed E-state index contributed by atoms with van der Waals surface area (Å²) in [6, 6.07) is 15.7. The van der Waals surface area contributed by atoms with Crippen molar-refractivity contribution in [1.82, 2.24) is 10.0 Å². The quantitative estimate of drug-likeness (QED) is 0.483. The maximum Gasteiger partial charge on any atom is 0.240 e. The summed E-state index contributed by atoms with van der Waals surface area (Å²) in [6.07, 6.45) is 1.77. The van der Waals surface area contributed by atoms with E-state index in [4.69, 9.17) is 0 Å². The molecule has 2 aromatic rings. The van der Waals surface area contributed by atoms with Gasteiger partial charge in [-0.3, -0.25) is 9.59 Å². The number of carbonyl (C=O) groups excluding carboxylic acids is 2. The Hall–Kier alpha value is -2.51. The van der Waals surface area contributed by atoms with Crippen molar-refractivity contribution in [3.8, 4) is 0 Å². The Kier molecular flexibility index (Phi) is 7.69. The fraction of sp³-hybridized carbons (Fsp3) is 0.300. The Morgan fingerprint density at radius 3 is 2.22 bits per heavy atom. The van der Waals surface area contributed by atoms with E-state index >= 15 is 0 Å². The number of nitrogens with one attached hydrogen (secondary N) is 2. The highest BCUT2D eigenvalue weighted by molar-refractivity contribution is 7.89. The number of carbonyl (C=O) groups is 2. The van der Waals surface area contributed by atoms with Gasteiger partial charge < -0.3 is 5.32 Å². The zero-order chi connectivity index (χ0) is 19.7. The molecule has 0 bridgehead atoms. The lowest BCUT2D eigenvalue weighted by Crippen LogP contribution is -2.31. The molecule has 0 atom stereocenters. The Morgan fingerprint density at radius 2 is 1.59 bits per heavy atom. The molecule has 0 saturated heterocycles. The normalized spacial score (nSPS) is 11.1. The maximum absolute atomic E-state index is 12.2. The molecule has 0 aliphatic rings. The number of hydrogen-bond donors (Lipinski definition) is 2. The topological polar surface area (TPSA) is 92.3 Å². The highest BCUT2D eigenvalue weighted by Gasteiger charge is 2.14. The van der Waals surface area contributed by atoms with Crippen molar-refractivity contribution >= 4 is 21.7 Å². The van der Waals surface area contributed by atoms with Crippen molar-refractivity contribution in [2.24, 2.45) is 0 Å².